The van der Waals surface area contributed by atoms with Crippen molar-refractivity contribution in [2.75, 3.05) is 25.0 Å². The summed E-state index contributed by atoms with van der Waals surface area (Å²) >= 11 is 9.75. The molecular formula is C24H26BrClFN5O2. The Morgan fingerprint density at radius 2 is 2.12 bits per heavy atom. The van der Waals surface area contributed by atoms with Gasteiger partial charge in [0.25, 0.3) is 0 Å². The van der Waals surface area contributed by atoms with Crippen LogP contribution in [0.4, 0.5) is 15.8 Å². The molecule has 2 aliphatic heterocycles. The normalized spacial score (nSPS) is 21.3. The number of nitrogens with one attached hydrogen (secondary N) is 2. The Labute approximate surface area is 210 Å². The van der Waals surface area contributed by atoms with Gasteiger partial charge in [0.15, 0.2) is 5.82 Å². The van der Waals surface area contributed by atoms with E-state index in [0.29, 0.717) is 21.7 Å². The summed E-state index contributed by atoms with van der Waals surface area (Å²) in [6.07, 6.45) is 3.50. The van der Waals surface area contributed by atoms with Gasteiger partial charge in [-0.1, -0.05) is 34.0 Å². The number of aliphatic hydroxyl groups is 2. The number of rotatable bonds is 5. The Balaban J connectivity index is 1.51. The summed E-state index contributed by atoms with van der Waals surface area (Å²) in [5, 5.41) is 37.7. The Kier molecular flexibility index (Phi) is 6.52. The van der Waals surface area contributed by atoms with E-state index in [1.165, 1.54) is 0 Å². The van der Waals surface area contributed by atoms with E-state index in [1.54, 1.807) is 35.4 Å². The summed E-state index contributed by atoms with van der Waals surface area (Å²) in [5.74, 6) is -0.619. The van der Waals surface area contributed by atoms with E-state index in [0.717, 1.165) is 35.8 Å². The van der Waals surface area contributed by atoms with Gasteiger partial charge in [0.1, 0.15) is 17.3 Å². The highest BCUT2D eigenvalue weighted by atomic mass is 79.9. The minimum Gasteiger partial charge on any atom is -0.386 e. The number of fused-ring (bicyclic) bond motifs is 1. The molecule has 2 fully saturated rings. The minimum absolute atomic E-state index is 0.00488. The van der Waals surface area contributed by atoms with Crippen molar-refractivity contribution < 1.29 is 14.6 Å². The van der Waals surface area contributed by atoms with Gasteiger partial charge in [0, 0.05) is 34.6 Å². The number of likely N-dealkylation sites (tertiary alicyclic amines) is 1. The third kappa shape index (κ3) is 4.29. The van der Waals surface area contributed by atoms with Crippen molar-refractivity contribution in [3.63, 3.8) is 0 Å². The lowest BCUT2D eigenvalue weighted by Crippen LogP contribution is -2.71. The molecule has 4 N–H and O–H groups in total. The van der Waals surface area contributed by atoms with Crippen LogP contribution >= 0.6 is 27.5 Å². The highest BCUT2D eigenvalue weighted by Crippen LogP contribution is 2.41. The van der Waals surface area contributed by atoms with E-state index in [2.05, 4.69) is 36.8 Å². The van der Waals surface area contributed by atoms with E-state index in [1.807, 2.05) is 6.92 Å². The van der Waals surface area contributed by atoms with Crippen LogP contribution in [0.5, 0.6) is 0 Å². The molecule has 2 aliphatic rings. The Morgan fingerprint density at radius 1 is 1.32 bits per heavy atom. The van der Waals surface area contributed by atoms with E-state index in [-0.39, 0.29) is 30.3 Å². The lowest BCUT2D eigenvalue weighted by atomic mass is 9.81. The molecule has 0 saturated carbocycles. The van der Waals surface area contributed by atoms with Gasteiger partial charge in [0.05, 0.1) is 22.6 Å². The highest BCUT2D eigenvalue weighted by Gasteiger charge is 2.50. The first-order valence-electron chi connectivity index (χ1n) is 11.3. The number of anilines is 2. The fourth-order valence-electron chi connectivity index (χ4n) is 4.91. The van der Waals surface area contributed by atoms with Gasteiger partial charge in [-0.15, -0.1) is 5.10 Å². The van der Waals surface area contributed by atoms with Crippen molar-refractivity contribution in [2.45, 2.75) is 44.1 Å². The minimum atomic E-state index is -1.13. The molecule has 34 heavy (non-hydrogen) atoms. The molecule has 0 bridgehead atoms. The van der Waals surface area contributed by atoms with Crippen molar-refractivity contribution in [1.29, 1.82) is 0 Å². The second-order valence-corrected chi connectivity index (χ2v) is 10.5. The number of aromatic nitrogens is 2. The number of aryl methyl sites for hydroxylation is 1. The first-order chi connectivity index (χ1) is 16.3. The largest absolute Gasteiger partial charge is 0.386 e. The molecule has 2 atom stereocenters. The molecule has 7 nitrogen and oxygen atoms in total. The SMILES string of the molecule is Cc1cnnc2c(F)c(Nc3ccc(Br)cc3Cl)c(C(O)N3CC(O)([C@@H]4CCCCN4)C3)cc12. The average Bonchev–Trinajstić information content (AvgIpc) is 2.80. The van der Waals surface area contributed by atoms with Gasteiger partial charge in [-0.3, -0.25) is 4.90 Å². The fourth-order valence-corrected chi connectivity index (χ4v) is 5.63. The number of benzene rings is 2. The molecule has 1 unspecified atom stereocenters. The second kappa shape index (κ2) is 9.29. The molecule has 1 aromatic heterocycles. The number of hydrogen-bond donors (Lipinski definition) is 4. The van der Waals surface area contributed by atoms with Crippen molar-refractivity contribution in [1.82, 2.24) is 20.4 Å². The van der Waals surface area contributed by atoms with Crippen LogP contribution in [-0.2, 0) is 0 Å². The van der Waals surface area contributed by atoms with Gasteiger partial charge in [-0.25, -0.2) is 4.39 Å². The Bertz CT molecular complexity index is 1230. The molecule has 10 heteroatoms. The van der Waals surface area contributed by atoms with Crippen LogP contribution in [0, 0.1) is 12.7 Å². The topological polar surface area (TPSA) is 93.5 Å². The monoisotopic (exact) mass is 549 g/mol. The van der Waals surface area contributed by atoms with Crippen LogP contribution in [0.25, 0.3) is 10.9 Å². The zero-order valence-electron chi connectivity index (χ0n) is 18.7. The lowest BCUT2D eigenvalue weighted by Gasteiger charge is -2.53. The summed E-state index contributed by atoms with van der Waals surface area (Å²) in [7, 11) is 0. The van der Waals surface area contributed by atoms with Gasteiger partial charge in [0.2, 0.25) is 0 Å². The Morgan fingerprint density at radius 3 is 2.82 bits per heavy atom. The number of halogens is 3. The maximum Gasteiger partial charge on any atom is 0.175 e. The van der Waals surface area contributed by atoms with Crippen molar-refractivity contribution in [3.05, 3.63) is 56.9 Å². The summed E-state index contributed by atoms with van der Waals surface area (Å²) < 4.78 is 16.6. The molecule has 0 amide bonds. The zero-order valence-corrected chi connectivity index (χ0v) is 21.0. The van der Waals surface area contributed by atoms with E-state index < -0.39 is 17.6 Å². The molecule has 2 saturated heterocycles. The van der Waals surface area contributed by atoms with Crippen LogP contribution in [-0.4, -0.2) is 56.6 Å². The maximum atomic E-state index is 15.8. The van der Waals surface area contributed by atoms with Crippen LogP contribution < -0.4 is 10.6 Å². The van der Waals surface area contributed by atoms with Crippen molar-refractivity contribution >= 4 is 49.8 Å². The van der Waals surface area contributed by atoms with Crippen LogP contribution in [0.15, 0.2) is 34.9 Å². The maximum absolute atomic E-state index is 15.8. The summed E-state index contributed by atoms with van der Waals surface area (Å²) in [6.45, 7) is 3.28. The number of β-amino-alcohol motifs (C(OH)–C–C–N with tert-alkyl or cyclic N) is 1. The molecule has 180 valence electrons. The van der Waals surface area contributed by atoms with Gasteiger partial charge < -0.3 is 20.8 Å². The van der Waals surface area contributed by atoms with Crippen LogP contribution in [0.1, 0.15) is 36.6 Å². The molecule has 0 spiro atoms. The number of piperidine rings is 1. The van der Waals surface area contributed by atoms with Crippen molar-refractivity contribution in [3.8, 4) is 0 Å². The molecule has 2 aromatic carbocycles. The summed E-state index contributed by atoms with van der Waals surface area (Å²) in [4.78, 5) is 1.75. The molecule has 0 radical (unpaired) electrons. The predicted octanol–water partition coefficient (Wildman–Crippen LogP) is 4.42. The molecule has 3 aromatic rings. The first-order valence-corrected chi connectivity index (χ1v) is 12.5. The van der Waals surface area contributed by atoms with E-state index >= 15 is 4.39 Å². The molecule has 3 heterocycles. The van der Waals surface area contributed by atoms with Gasteiger partial charge in [-0.2, -0.15) is 5.10 Å². The highest BCUT2D eigenvalue weighted by molar-refractivity contribution is 9.10. The summed E-state index contributed by atoms with van der Waals surface area (Å²) in [5.41, 5.74) is 0.855. The number of hydrogen-bond acceptors (Lipinski definition) is 7. The standard InChI is InChI=1S/C24H26BrClFN5O2/c1-13-10-29-31-22-15(13)9-16(21(20(22)27)30-18-6-5-14(25)8-17(18)26)23(33)32-11-24(34,12-32)19-4-2-3-7-28-19/h5-6,8-10,19,23,28,30,33-34H,2-4,7,11-12H2,1H3/t19-,23?/m0/s1. The van der Waals surface area contributed by atoms with E-state index in [4.69, 9.17) is 11.6 Å². The second-order valence-electron chi connectivity index (χ2n) is 9.21. The third-order valence-electron chi connectivity index (χ3n) is 6.83. The fraction of sp³-hybridized carbons (Fsp3) is 0.417. The first kappa shape index (κ1) is 23.8. The molecule has 0 aliphatic carbocycles. The smallest absolute Gasteiger partial charge is 0.175 e. The van der Waals surface area contributed by atoms with Crippen molar-refractivity contribution in [2.24, 2.45) is 0 Å². The molecule has 5 rings (SSSR count). The van der Waals surface area contributed by atoms with Crippen LogP contribution in [0.3, 0.4) is 0 Å². The summed E-state index contributed by atoms with van der Waals surface area (Å²) in [6, 6.07) is 6.95. The zero-order chi connectivity index (χ0) is 24.0. The number of aliphatic hydroxyl groups excluding tert-OH is 1. The third-order valence-corrected chi connectivity index (χ3v) is 7.64. The van der Waals surface area contributed by atoms with Crippen LogP contribution in [0.2, 0.25) is 5.02 Å². The quantitative estimate of drug-likeness (QED) is 0.374. The number of nitrogens with zero attached hydrogens (tertiary/aromatic N) is 3. The predicted molar refractivity (Wildman–Crippen MR) is 134 cm³/mol. The van der Waals surface area contributed by atoms with Gasteiger partial charge in [-0.05, 0) is 56.1 Å². The average molecular weight is 551 g/mol. The Hall–Kier alpha value is -1.88. The lowest BCUT2D eigenvalue weighted by molar-refractivity contribution is -0.179. The van der Waals surface area contributed by atoms with E-state index in [9.17, 15) is 10.2 Å². The van der Waals surface area contributed by atoms with Gasteiger partial charge >= 0.3 is 0 Å². The molecular weight excluding hydrogens is 525 g/mol.